The van der Waals surface area contributed by atoms with Gasteiger partial charge in [0, 0.05) is 10.5 Å². The number of carbonyl (C=O) groups is 1. The van der Waals surface area contributed by atoms with Crippen molar-refractivity contribution in [3.8, 4) is 16.9 Å². The van der Waals surface area contributed by atoms with Crippen LogP contribution < -0.4 is 9.04 Å². The number of carboxylic acid groups (broad SMARTS) is 1. The molecule has 1 aliphatic rings. The lowest BCUT2D eigenvalue weighted by Crippen LogP contribution is -2.25. The highest BCUT2D eigenvalue weighted by Gasteiger charge is 2.33. The third kappa shape index (κ3) is 3.53. The number of carboxylic acids is 1. The van der Waals surface area contributed by atoms with Crippen LogP contribution in [0.15, 0.2) is 41.3 Å². The van der Waals surface area contributed by atoms with Crippen LogP contribution in [0.5, 0.6) is 5.75 Å². The first-order chi connectivity index (χ1) is 11.8. The molecule has 2 aromatic carbocycles. The van der Waals surface area contributed by atoms with Crippen LogP contribution in [0.3, 0.4) is 0 Å². The second kappa shape index (κ2) is 6.51. The SMILES string of the molecule is CCOc1ccc2c(c1)SN(CC(=O)O)c1ccc(C(F)(F)F)cc1-2. The van der Waals surface area contributed by atoms with Crippen molar-refractivity contribution in [3.05, 3.63) is 42.0 Å². The van der Waals surface area contributed by atoms with Gasteiger partial charge >= 0.3 is 12.1 Å². The number of anilines is 1. The minimum Gasteiger partial charge on any atom is -0.494 e. The van der Waals surface area contributed by atoms with E-state index < -0.39 is 17.7 Å². The highest BCUT2D eigenvalue weighted by atomic mass is 32.2. The number of halogens is 3. The fraction of sp³-hybridized carbons (Fsp3) is 0.235. The number of aliphatic carboxylic acids is 1. The molecule has 4 nitrogen and oxygen atoms in total. The first-order valence-electron chi connectivity index (χ1n) is 7.45. The molecule has 0 radical (unpaired) electrons. The molecule has 0 saturated heterocycles. The van der Waals surface area contributed by atoms with Gasteiger partial charge < -0.3 is 14.1 Å². The van der Waals surface area contributed by atoms with Crippen molar-refractivity contribution in [3.63, 3.8) is 0 Å². The van der Waals surface area contributed by atoms with E-state index in [2.05, 4.69) is 0 Å². The number of benzene rings is 2. The zero-order chi connectivity index (χ0) is 18.2. The maximum absolute atomic E-state index is 13.1. The molecule has 0 spiro atoms. The molecular weight excluding hydrogens is 355 g/mol. The molecule has 1 aliphatic heterocycles. The number of fused-ring (bicyclic) bond motifs is 3. The van der Waals surface area contributed by atoms with Crippen molar-refractivity contribution in [2.24, 2.45) is 0 Å². The van der Waals surface area contributed by atoms with E-state index in [1.54, 1.807) is 18.2 Å². The Morgan fingerprint density at radius 1 is 1.20 bits per heavy atom. The fourth-order valence-corrected chi connectivity index (χ4v) is 3.73. The van der Waals surface area contributed by atoms with Gasteiger partial charge in [-0.15, -0.1) is 0 Å². The van der Waals surface area contributed by atoms with Gasteiger partial charge in [0.2, 0.25) is 0 Å². The molecule has 25 heavy (non-hydrogen) atoms. The smallest absolute Gasteiger partial charge is 0.416 e. The fourth-order valence-electron chi connectivity index (χ4n) is 2.61. The maximum atomic E-state index is 13.1. The van der Waals surface area contributed by atoms with Crippen molar-refractivity contribution in [1.29, 1.82) is 0 Å². The molecule has 3 rings (SSSR count). The van der Waals surface area contributed by atoms with Crippen LogP contribution in [0.1, 0.15) is 12.5 Å². The molecule has 0 saturated carbocycles. The molecular formula is C17H14F3NO3S. The zero-order valence-electron chi connectivity index (χ0n) is 13.1. The molecule has 0 aliphatic carbocycles. The third-order valence-electron chi connectivity index (χ3n) is 3.63. The summed E-state index contributed by atoms with van der Waals surface area (Å²) in [6, 6.07) is 8.44. The van der Waals surface area contributed by atoms with Crippen LogP contribution in [-0.2, 0) is 11.0 Å². The molecule has 0 amide bonds. The zero-order valence-corrected chi connectivity index (χ0v) is 13.9. The Morgan fingerprint density at radius 2 is 1.96 bits per heavy atom. The highest BCUT2D eigenvalue weighted by molar-refractivity contribution is 8.01. The van der Waals surface area contributed by atoms with Gasteiger partial charge in [0.1, 0.15) is 12.3 Å². The lowest BCUT2D eigenvalue weighted by molar-refractivity contribution is -0.137. The number of alkyl halides is 3. The second-order valence-corrected chi connectivity index (χ2v) is 6.41. The first-order valence-corrected chi connectivity index (χ1v) is 8.22. The van der Waals surface area contributed by atoms with E-state index in [4.69, 9.17) is 9.84 Å². The number of hydrogen-bond donors (Lipinski definition) is 1. The molecule has 0 unspecified atom stereocenters. The van der Waals surface area contributed by atoms with Gasteiger partial charge in [0.25, 0.3) is 0 Å². The van der Waals surface area contributed by atoms with Gasteiger partial charge in [0.05, 0.1) is 17.9 Å². The summed E-state index contributed by atoms with van der Waals surface area (Å²) in [6.07, 6.45) is -4.47. The van der Waals surface area contributed by atoms with Crippen LogP contribution >= 0.6 is 11.9 Å². The number of hydrogen-bond acceptors (Lipinski definition) is 4. The summed E-state index contributed by atoms with van der Waals surface area (Å²) in [7, 11) is 0. The van der Waals surface area contributed by atoms with Crippen molar-refractivity contribution in [2.45, 2.75) is 18.0 Å². The maximum Gasteiger partial charge on any atom is 0.416 e. The Kier molecular flexibility index (Phi) is 4.55. The Balaban J connectivity index is 2.14. The largest absolute Gasteiger partial charge is 0.494 e. The number of rotatable bonds is 4. The monoisotopic (exact) mass is 369 g/mol. The molecule has 0 atom stereocenters. The average molecular weight is 369 g/mol. The summed E-state index contributed by atoms with van der Waals surface area (Å²) >= 11 is 1.17. The lowest BCUT2D eigenvalue weighted by Gasteiger charge is -2.31. The van der Waals surface area contributed by atoms with Gasteiger partial charge in [-0.2, -0.15) is 13.2 Å². The van der Waals surface area contributed by atoms with Crippen LogP contribution in [0.4, 0.5) is 18.9 Å². The van der Waals surface area contributed by atoms with Crippen LogP contribution in [0.25, 0.3) is 11.1 Å². The molecule has 1 heterocycles. The van der Waals surface area contributed by atoms with Crippen LogP contribution in [0.2, 0.25) is 0 Å². The predicted octanol–water partition coefficient (Wildman–Crippen LogP) is 4.68. The van der Waals surface area contributed by atoms with Gasteiger partial charge in [-0.05, 0) is 60.8 Å². The Morgan fingerprint density at radius 3 is 2.60 bits per heavy atom. The summed E-state index contributed by atoms with van der Waals surface area (Å²) in [6.45, 7) is 1.95. The van der Waals surface area contributed by atoms with E-state index in [0.717, 1.165) is 12.1 Å². The van der Waals surface area contributed by atoms with Crippen LogP contribution in [0, 0.1) is 0 Å². The van der Waals surface area contributed by atoms with Crippen molar-refractivity contribution < 1.29 is 27.8 Å². The van der Waals surface area contributed by atoms with E-state index in [9.17, 15) is 18.0 Å². The Hall–Kier alpha value is -2.35. The standard InChI is InChI=1S/C17H14F3NO3S/c1-2-24-11-4-5-12-13-7-10(17(18,19)20)3-6-14(13)21(9-16(22)23)25-15(12)8-11/h3-8H,2,9H2,1H3,(H,22,23). The van der Waals surface area contributed by atoms with E-state index in [1.807, 2.05) is 6.92 Å². The topological polar surface area (TPSA) is 49.8 Å². The molecule has 2 aromatic rings. The van der Waals surface area contributed by atoms with Crippen molar-refractivity contribution in [1.82, 2.24) is 0 Å². The van der Waals surface area contributed by atoms with Gasteiger partial charge in [0.15, 0.2) is 0 Å². The average Bonchev–Trinajstić information content (AvgIpc) is 2.53. The summed E-state index contributed by atoms with van der Waals surface area (Å²) in [5, 5.41) is 9.10. The van der Waals surface area contributed by atoms with Crippen molar-refractivity contribution in [2.75, 3.05) is 17.5 Å². The van der Waals surface area contributed by atoms with Crippen LogP contribution in [-0.4, -0.2) is 24.2 Å². The highest BCUT2D eigenvalue weighted by Crippen LogP contribution is 2.48. The van der Waals surface area contributed by atoms with Gasteiger partial charge in [-0.25, -0.2) is 0 Å². The van der Waals surface area contributed by atoms with E-state index in [-0.39, 0.29) is 6.54 Å². The van der Waals surface area contributed by atoms with Gasteiger partial charge in [-0.3, -0.25) is 4.79 Å². The quantitative estimate of drug-likeness (QED) is 0.793. The molecule has 0 fully saturated rings. The van der Waals surface area contributed by atoms with E-state index in [0.29, 0.717) is 34.1 Å². The van der Waals surface area contributed by atoms with Gasteiger partial charge in [-0.1, -0.05) is 0 Å². The number of nitrogens with zero attached hydrogens (tertiary/aromatic N) is 1. The van der Waals surface area contributed by atoms with Crippen molar-refractivity contribution >= 4 is 23.6 Å². The predicted molar refractivity (Wildman–Crippen MR) is 88.9 cm³/mol. The first kappa shape index (κ1) is 17.5. The molecule has 0 aromatic heterocycles. The summed E-state index contributed by atoms with van der Waals surface area (Å²) in [5.74, 6) is -0.484. The summed E-state index contributed by atoms with van der Waals surface area (Å²) < 4.78 is 46.1. The molecule has 132 valence electrons. The second-order valence-electron chi connectivity index (χ2n) is 5.34. The molecule has 1 N–H and O–H groups in total. The minimum atomic E-state index is -4.47. The summed E-state index contributed by atoms with van der Waals surface area (Å²) in [4.78, 5) is 11.8. The minimum absolute atomic E-state index is 0.332. The third-order valence-corrected chi connectivity index (χ3v) is 4.71. The Bertz CT molecular complexity index is 823. The number of ether oxygens (including phenoxy) is 1. The van der Waals surface area contributed by atoms with E-state index in [1.165, 1.54) is 22.3 Å². The summed E-state index contributed by atoms with van der Waals surface area (Å²) in [5.41, 5.74) is 0.648. The lowest BCUT2D eigenvalue weighted by atomic mass is 10.00. The molecule has 0 bridgehead atoms. The van der Waals surface area contributed by atoms with E-state index >= 15 is 0 Å². The molecule has 8 heteroatoms. The Labute approximate surface area is 146 Å². The normalized spacial score (nSPS) is 13.2.